The van der Waals surface area contributed by atoms with Gasteiger partial charge < -0.3 is 9.80 Å². The summed E-state index contributed by atoms with van der Waals surface area (Å²) >= 11 is 0. The summed E-state index contributed by atoms with van der Waals surface area (Å²) in [4.78, 5) is 26.7. The van der Waals surface area contributed by atoms with Gasteiger partial charge in [-0.25, -0.2) is 9.97 Å². The van der Waals surface area contributed by atoms with E-state index in [-0.39, 0.29) is 5.92 Å². The summed E-state index contributed by atoms with van der Waals surface area (Å²) in [7, 11) is 0. The van der Waals surface area contributed by atoms with Crippen LogP contribution in [0.25, 0.3) is 11.4 Å². The fourth-order valence-corrected chi connectivity index (χ4v) is 4.14. The van der Waals surface area contributed by atoms with Crippen LogP contribution < -0.4 is 4.90 Å². The number of aromatic nitrogens is 2. The lowest BCUT2D eigenvalue weighted by molar-refractivity contribution is -0.138. The van der Waals surface area contributed by atoms with Crippen LogP contribution in [0.5, 0.6) is 0 Å². The second-order valence-electron chi connectivity index (χ2n) is 8.09. The fraction of sp³-hybridized carbons (Fsp3) is 0.522. The van der Waals surface area contributed by atoms with E-state index in [9.17, 15) is 4.79 Å². The van der Waals surface area contributed by atoms with Crippen molar-refractivity contribution < 1.29 is 4.79 Å². The molecule has 2 aliphatic rings. The van der Waals surface area contributed by atoms with E-state index in [1.54, 1.807) is 0 Å². The molecule has 0 N–H and O–H groups in total. The molecule has 0 atom stereocenters. The topological polar surface area (TPSA) is 49.3 Å². The van der Waals surface area contributed by atoms with Crippen molar-refractivity contribution in [3.63, 3.8) is 0 Å². The van der Waals surface area contributed by atoms with Gasteiger partial charge in [0.2, 0.25) is 5.91 Å². The Bertz CT molecular complexity index is 850. The summed E-state index contributed by atoms with van der Waals surface area (Å²) in [6, 6.07) is 8.39. The number of hydrogen-bond donors (Lipinski definition) is 0. The van der Waals surface area contributed by atoms with E-state index in [2.05, 4.69) is 54.8 Å². The molecule has 2 fully saturated rings. The average molecular weight is 379 g/mol. The number of carbonyl (C=O) groups is 1. The lowest BCUT2D eigenvalue weighted by Gasteiger charge is -2.39. The Kier molecular flexibility index (Phi) is 5.33. The van der Waals surface area contributed by atoms with Gasteiger partial charge in [0, 0.05) is 48.9 Å². The second-order valence-corrected chi connectivity index (χ2v) is 8.09. The van der Waals surface area contributed by atoms with Gasteiger partial charge in [-0.05, 0) is 33.1 Å². The SMILES string of the molecule is CCc1c(C)nc(-c2ccc(C)cc2)nc1N1CCN(C(=O)C2CCC2)CC1. The molecule has 1 aromatic heterocycles. The van der Waals surface area contributed by atoms with Crippen molar-refractivity contribution in [1.29, 1.82) is 0 Å². The number of benzene rings is 1. The van der Waals surface area contributed by atoms with Crippen LogP contribution in [-0.4, -0.2) is 47.0 Å². The molecule has 0 spiro atoms. The average Bonchev–Trinajstić information content (AvgIpc) is 2.66. The molecule has 28 heavy (non-hydrogen) atoms. The normalized spacial score (nSPS) is 17.5. The molecule has 1 aromatic carbocycles. The van der Waals surface area contributed by atoms with Gasteiger partial charge in [0.05, 0.1) is 0 Å². The van der Waals surface area contributed by atoms with Crippen LogP contribution in [0.1, 0.15) is 43.0 Å². The third-order valence-corrected chi connectivity index (χ3v) is 6.20. The summed E-state index contributed by atoms with van der Waals surface area (Å²) in [5.41, 5.74) is 4.56. The Hall–Kier alpha value is -2.43. The van der Waals surface area contributed by atoms with Crippen LogP contribution in [-0.2, 0) is 11.2 Å². The van der Waals surface area contributed by atoms with E-state index >= 15 is 0 Å². The van der Waals surface area contributed by atoms with E-state index in [4.69, 9.17) is 9.97 Å². The van der Waals surface area contributed by atoms with E-state index in [1.165, 1.54) is 17.5 Å². The Morgan fingerprint density at radius 1 is 1.04 bits per heavy atom. The molecular weight excluding hydrogens is 348 g/mol. The number of nitrogens with zero attached hydrogens (tertiary/aromatic N) is 4. The number of aryl methyl sites for hydroxylation is 2. The van der Waals surface area contributed by atoms with Gasteiger partial charge in [-0.1, -0.05) is 43.2 Å². The summed E-state index contributed by atoms with van der Waals surface area (Å²) in [6.45, 7) is 9.61. The monoisotopic (exact) mass is 378 g/mol. The van der Waals surface area contributed by atoms with Crippen LogP contribution in [0.2, 0.25) is 0 Å². The molecule has 1 aliphatic heterocycles. The van der Waals surface area contributed by atoms with Gasteiger partial charge in [0.1, 0.15) is 5.82 Å². The number of hydrogen-bond acceptors (Lipinski definition) is 4. The van der Waals surface area contributed by atoms with Crippen molar-refractivity contribution in [2.75, 3.05) is 31.1 Å². The standard InChI is InChI=1S/C23H30N4O/c1-4-20-17(3)24-21(18-10-8-16(2)9-11-18)25-22(20)26-12-14-27(15-13-26)23(28)19-6-5-7-19/h8-11,19H,4-7,12-15H2,1-3H3. The lowest BCUT2D eigenvalue weighted by atomic mass is 9.84. The number of piperazine rings is 1. The van der Waals surface area contributed by atoms with E-state index in [1.807, 2.05) is 0 Å². The maximum atomic E-state index is 12.5. The van der Waals surface area contributed by atoms with Gasteiger partial charge in [-0.15, -0.1) is 0 Å². The number of anilines is 1. The molecular formula is C23H30N4O. The van der Waals surface area contributed by atoms with Crippen LogP contribution >= 0.6 is 0 Å². The summed E-state index contributed by atoms with van der Waals surface area (Å²) in [6.07, 6.45) is 4.27. The number of amides is 1. The molecule has 2 heterocycles. The molecule has 1 amide bonds. The fourth-order valence-electron chi connectivity index (χ4n) is 4.14. The quantitative estimate of drug-likeness (QED) is 0.813. The minimum atomic E-state index is 0.284. The maximum Gasteiger partial charge on any atom is 0.225 e. The molecule has 1 saturated carbocycles. The summed E-state index contributed by atoms with van der Waals surface area (Å²) < 4.78 is 0. The Balaban J connectivity index is 1.56. The second kappa shape index (κ2) is 7.90. The van der Waals surface area contributed by atoms with Crippen molar-refractivity contribution in [2.24, 2.45) is 5.92 Å². The number of rotatable bonds is 4. The zero-order valence-electron chi connectivity index (χ0n) is 17.2. The van der Waals surface area contributed by atoms with Crippen molar-refractivity contribution in [2.45, 2.75) is 46.5 Å². The molecule has 1 aliphatic carbocycles. The first-order valence-electron chi connectivity index (χ1n) is 10.5. The zero-order chi connectivity index (χ0) is 19.7. The molecule has 0 radical (unpaired) electrons. The van der Waals surface area contributed by atoms with Crippen LogP contribution in [0, 0.1) is 19.8 Å². The summed E-state index contributed by atoms with van der Waals surface area (Å²) in [5.74, 6) is 2.48. The third-order valence-electron chi connectivity index (χ3n) is 6.20. The lowest BCUT2D eigenvalue weighted by Crippen LogP contribution is -2.51. The van der Waals surface area contributed by atoms with E-state index in [0.29, 0.717) is 5.91 Å². The van der Waals surface area contributed by atoms with Crippen LogP contribution in [0.4, 0.5) is 5.82 Å². The molecule has 0 unspecified atom stereocenters. The highest BCUT2D eigenvalue weighted by Crippen LogP contribution is 2.30. The van der Waals surface area contributed by atoms with Crippen molar-refractivity contribution >= 4 is 11.7 Å². The van der Waals surface area contributed by atoms with Crippen molar-refractivity contribution in [3.8, 4) is 11.4 Å². The maximum absolute atomic E-state index is 12.5. The first-order valence-corrected chi connectivity index (χ1v) is 10.5. The minimum Gasteiger partial charge on any atom is -0.353 e. The molecule has 2 aromatic rings. The van der Waals surface area contributed by atoms with Gasteiger partial charge in [0.15, 0.2) is 5.82 Å². The van der Waals surface area contributed by atoms with Crippen molar-refractivity contribution in [3.05, 3.63) is 41.1 Å². The molecule has 1 saturated heterocycles. The van der Waals surface area contributed by atoms with E-state index in [0.717, 1.165) is 68.3 Å². The molecule has 4 rings (SSSR count). The minimum absolute atomic E-state index is 0.284. The highest BCUT2D eigenvalue weighted by molar-refractivity contribution is 5.80. The van der Waals surface area contributed by atoms with E-state index < -0.39 is 0 Å². The Labute approximate surface area is 167 Å². The van der Waals surface area contributed by atoms with Crippen LogP contribution in [0.15, 0.2) is 24.3 Å². The van der Waals surface area contributed by atoms with Crippen LogP contribution in [0.3, 0.4) is 0 Å². The predicted molar refractivity (Wildman–Crippen MR) is 112 cm³/mol. The highest BCUT2D eigenvalue weighted by atomic mass is 16.2. The Morgan fingerprint density at radius 3 is 2.29 bits per heavy atom. The van der Waals surface area contributed by atoms with Gasteiger partial charge in [-0.2, -0.15) is 0 Å². The largest absolute Gasteiger partial charge is 0.353 e. The highest BCUT2D eigenvalue weighted by Gasteiger charge is 2.32. The first kappa shape index (κ1) is 18.9. The van der Waals surface area contributed by atoms with Gasteiger partial charge in [-0.3, -0.25) is 4.79 Å². The molecule has 0 bridgehead atoms. The third kappa shape index (κ3) is 3.62. The molecule has 148 valence electrons. The molecule has 5 heteroatoms. The van der Waals surface area contributed by atoms with Gasteiger partial charge in [0.25, 0.3) is 0 Å². The smallest absolute Gasteiger partial charge is 0.225 e. The Morgan fingerprint density at radius 2 is 1.71 bits per heavy atom. The zero-order valence-corrected chi connectivity index (χ0v) is 17.2. The summed E-state index contributed by atoms with van der Waals surface area (Å²) in [5, 5.41) is 0. The number of carbonyl (C=O) groups excluding carboxylic acids is 1. The van der Waals surface area contributed by atoms with Gasteiger partial charge >= 0.3 is 0 Å². The molecule has 5 nitrogen and oxygen atoms in total. The predicted octanol–water partition coefficient (Wildman–Crippen LogP) is 3.77. The first-order chi connectivity index (χ1) is 13.6. The van der Waals surface area contributed by atoms with Crippen molar-refractivity contribution in [1.82, 2.24) is 14.9 Å².